The molecule has 0 saturated heterocycles. The van der Waals surface area contributed by atoms with Gasteiger partial charge in [0.25, 0.3) is 0 Å². The zero-order valence-electron chi connectivity index (χ0n) is 11.4. The van der Waals surface area contributed by atoms with E-state index in [0.717, 1.165) is 22.5 Å². The van der Waals surface area contributed by atoms with Gasteiger partial charge in [0, 0.05) is 25.2 Å². The van der Waals surface area contributed by atoms with E-state index >= 15 is 0 Å². The minimum absolute atomic E-state index is 0.00205. The summed E-state index contributed by atoms with van der Waals surface area (Å²) in [5, 5.41) is 9.93. The first-order valence-corrected chi connectivity index (χ1v) is 6.99. The van der Waals surface area contributed by atoms with E-state index < -0.39 is 0 Å². The van der Waals surface area contributed by atoms with Crippen molar-refractivity contribution in [2.24, 2.45) is 7.05 Å². The highest BCUT2D eigenvalue weighted by atomic mass is 32.1. The lowest BCUT2D eigenvalue weighted by atomic mass is 10.3. The summed E-state index contributed by atoms with van der Waals surface area (Å²) in [6.07, 6.45) is 1.73. The minimum atomic E-state index is 0.00205. The van der Waals surface area contributed by atoms with Gasteiger partial charge in [0.15, 0.2) is 11.5 Å². The number of nitrogens with one attached hydrogen (secondary N) is 1. The summed E-state index contributed by atoms with van der Waals surface area (Å²) >= 11 is 1.19. The van der Waals surface area contributed by atoms with Crippen molar-refractivity contribution in [1.29, 1.82) is 0 Å². The van der Waals surface area contributed by atoms with Crippen LogP contribution in [0.15, 0.2) is 16.4 Å². The van der Waals surface area contributed by atoms with Gasteiger partial charge in [0.2, 0.25) is 0 Å². The van der Waals surface area contributed by atoms with Crippen LogP contribution in [0.3, 0.4) is 0 Å². The topological polar surface area (TPSA) is 77.6 Å². The average Bonchev–Trinajstić information content (AvgIpc) is 2.96. The maximum absolute atomic E-state index is 11.8. The molecule has 0 spiro atoms. The second-order valence-corrected chi connectivity index (χ2v) is 5.29. The molecule has 0 fully saturated rings. The number of fused-ring (bicyclic) bond motifs is 1. The Labute approximate surface area is 118 Å². The average molecular weight is 290 g/mol. The highest BCUT2D eigenvalue weighted by Gasteiger charge is 2.12. The number of rotatable bonds is 3. The molecule has 20 heavy (non-hydrogen) atoms. The van der Waals surface area contributed by atoms with Gasteiger partial charge < -0.3 is 5.32 Å². The molecule has 0 aliphatic rings. The molecule has 0 unspecified atom stereocenters. The van der Waals surface area contributed by atoms with Gasteiger partial charge in [-0.15, -0.1) is 0 Å². The molecule has 3 aromatic heterocycles. The lowest BCUT2D eigenvalue weighted by Gasteiger charge is -2.07. The van der Waals surface area contributed by atoms with Gasteiger partial charge in [-0.05, 0) is 6.92 Å². The van der Waals surface area contributed by atoms with Crippen LogP contribution in [0.4, 0.5) is 5.82 Å². The fourth-order valence-electron chi connectivity index (χ4n) is 2.07. The van der Waals surface area contributed by atoms with E-state index in [9.17, 15) is 4.79 Å². The van der Waals surface area contributed by atoms with Gasteiger partial charge in [0.05, 0.1) is 18.1 Å². The molecule has 0 aliphatic carbocycles. The Morgan fingerprint density at radius 3 is 2.85 bits per heavy atom. The lowest BCUT2D eigenvalue weighted by Crippen LogP contribution is -2.17. The maximum atomic E-state index is 11.8. The first-order valence-electron chi connectivity index (χ1n) is 6.11. The van der Waals surface area contributed by atoms with Crippen LogP contribution in [0, 0.1) is 6.92 Å². The van der Waals surface area contributed by atoms with Crippen molar-refractivity contribution in [3.63, 3.8) is 0 Å². The maximum Gasteiger partial charge on any atom is 0.307 e. The smallest absolute Gasteiger partial charge is 0.307 e. The third kappa shape index (κ3) is 1.97. The standard InChI is InChI=1S/C12H14N6OS/c1-7-6-20-12(19)18(7)5-9-15-10(13-2)8-4-14-17(3)11(8)16-9/h4,6H,5H2,1-3H3,(H,13,15,16). The van der Waals surface area contributed by atoms with E-state index in [1.165, 1.54) is 11.3 Å². The summed E-state index contributed by atoms with van der Waals surface area (Å²) in [5.41, 5.74) is 1.67. The summed E-state index contributed by atoms with van der Waals surface area (Å²) in [6.45, 7) is 2.27. The Hall–Kier alpha value is -2.22. The number of nitrogens with zero attached hydrogens (tertiary/aromatic N) is 5. The van der Waals surface area contributed by atoms with Crippen LogP contribution >= 0.6 is 11.3 Å². The van der Waals surface area contributed by atoms with Gasteiger partial charge in [-0.1, -0.05) is 11.3 Å². The van der Waals surface area contributed by atoms with Crippen LogP contribution in [-0.4, -0.2) is 31.4 Å². The molecule has 0 amide bonds. The van der Waals surface area contributed by atoms with Crippen LogP contribution in [-0.2, 0) is 13.6 Å². The predicted octanol–water partition coefficient (Wildman–Crippen LogP) is 0.985. The molecule has 0 aliphatic heterocycles. The Morgan fingerprint density at radius 2 is 2.20 bits per heavy atom. The van der Waals surface area contributed by atoms with E-state index in [4.69, 9.17) is 0 Å². The quantitative estimate of drug-likeness (QED) is 0.778. The van der Waals surface area contributed by atoms with Gasteiger partial charge in [-0.2, -0.15) is 5.10 Å². The molecule has 0 saturated carbocycles. The third-order valence-corrected chi connectivity index (χ3v) is 4.03. The molecule has 3 heterocycles. The Balaban J connectivity index is 2.12. The van der Waals surface area contributed by atoms with E-state index in [-0.39, 0.29) is 4.87 Å². The van der Waals surface area contributed by atoms with Crippen molar-refractivity contribution >= 4 is 28.2 Å². The number of aromatic nitrogens is 5. The van der Waals surface area contributed by atoms with Crippen LogP contribution < -0.4 is 10.2 Å². The summed E-state index contributed by atoms with van der Waals surface area (Å²) in [5.74, 6) is 1.31. The number of thiazole rings is 1. The van der Waals surface area contributed by atoms with Gasteiger partial charge in [-0.25, -0.2) is 9.97 Å². The second kappa shape index (κ2) is 4.71. The Bertz CT molecular complexity index is 830. The molecule has 3 rings (SSSR count). The van der Waals surface area contributed by atoms with E-state index in [2.05, 4.69) is 20.4 Å². The summed E-state index contributed by atoms with van der Waals surface area (Å²) in [6, 6.07) is 0. The minimum Gasteiger partial charge on any atom is -0.372 e. The predicted molar refractivity (Wildman–Crippen MR) is 78.3 cm³/mol. The molecular formula is C12H14N6OS. The fraction of sp³-hybridized carbons (Fsp3) is 0.333. The first-order chi connectivity index (χ1) is 9.60. The molecule has 0 radical (unpaired) electrons. The second-order valence-electron chi connectivity index (χ2n) is 4.47. The first kappa shape index (κ1) is 12.8. The van der Waals surface area contributed by atoms with Gasteiger partial charge >= 0.3 is 4.87 Å². The van der Waals surface area contributed by atoms with Crippen molar-refractivity contribution in [3.05, 3.63) is 32.8 Å². The summed E-state index contributed by atoms with van der Waals surface area (Å²) in [7, 11) is 3.64. The largest absolute Gasteiger partial charge is 0.372 e. The molecule has 7 nitrogen and oxygen atoms in total. The molecule has 1 N–H and O–H groups in total. The van der Waals surface area contributed by atoms with Crippen molar-refractivity contribution in [2.45, 2.75) is 13.5 Å². The molecular weight excluding hydrogens is 276 g/mol. The molecule has 8 heteroatoms. The zero-order valence-corrected chi connectivity index (χ0v) is 12.2. The number of hydrogen-bond acceptors (Lipinski definition) is 6. The zero-order chi connectivity index (χ0) is 14.3. The van der Waals surface area contributed by atoms with Crippen molar-refractivity contribution < 1.29 is 0 Å². The van der Waals surface area contributed by atoms with Gasteiger partial charge in [-0.3, -0.25) is 14.0 Å². The van der Waals surface area contributed by atoms with E-state index in [0.29, 0.717) is 12.4 Å². The third-order valence-electron chi connectivity index (χ3n) is 3.15. The Morgan fingerprint density at radius 1 is 1.40 bits per heavy atom. The van der Waals surface area contributed by atoms with Crippen molar-refractivity contribution in [3.8, 4) is 0 Å². The van der Waals surface area contributed by atoms with Crippen LogP contribution in [0.25, 0.3) is 11.0 Å². The summed E-state index contributed by atoms with van der Waals surface area (Å²) in [4.78, 5) is 20.7. The molecule has 0 atom stereocenters. The van der Waals surface area contributed by atoms with Crippen LogP contribution in [0.5, 0.6) is 0 Å². The highest BCUT2D eigenvalue weighted by molar-refractivity contribution is 7.07. The Kier molecular flexibility index (Phi) is 3.01. The number of aryl methyl sites for hydroxylation is 2. The van der Waals surface area contributed by atoms with E-state index in [1.54, 1.807) is 22.5 Å². The number of anilines is 1. The van der Waals surface area contributed by atoms with Crippen LogP contribution in [0.2, 0.25) is 0 Å². The fourth-order valence-corrected chi connectivity index (χ4v) is 2.80. The normalized spacial score (nSPS) is 11.2. The summed E-state index contributed by atoms with van der Waals surface area (Å²) < 4.78 is 3.37. The van der Waals surface area contributed by atoms with Crippen molar-refractivity contribution in [1.82, 2.24) is 24.3 Å². The molecule has 0 bridgehead atoms. The van der Waals surface area contributed by atoms with Gasteiger partial charge in [0.1, 0.15) is 5.82 Å². The monoisotopic (exact) mass is 290 g/mol. The van der Waals surface area contributed by atoms with Crippen LogP contribution in [0.1, 0.15) is 11.5 Å². The van der Waals surface area contributed by atoms with Crippen molar-refractivity contribution in [2.75, 3.05) is 12.4 Å². The lowest BCUT2D eigenvalue weighted by molar-refractivity contribution is 0.708. The van der Waals surface area contributed by atoms with E-state index in [1.807, 2.05) is 19.4 Å². The molecule has 0 aromatic carbocycles. The number of hydrogen-bond donors (Lipinski definition) is 1. The highest BCUT2D eigenvalue weighted by Crippen LogP contribution is 2.19. The SMILES string of the molecule is CNc1nc(Cn2c(C)csc2=O)nc2c1cnn2C. The molecule has 104 valence electrons. The molecule has 3 aromatic rings.